The first-order chi connectivity index (χ1) is 14.7. The van der Waals surface area contributed by atoms with Crippen LogP contribution < -0.4 is 5.32 Å². The summed E-state index contributed by atoms with van der Waals surface area (Å²) in [5.41, 5.74) is 0.937. The molecule has 2 aliphatic carbocycles. The quantitative estimate of drug-likeness (QED) is 0.565. The SMILES string of the molecule is C[C@H](NC(=O)CSc1nnc(-c2ccco2)n1-c1ccccc1)[C@@H]1C[C@H]2CC[C@H]1C2. The topological polar surface area (TPSA) is 73.0 Å². The molecular weight excluding hydrogens is 396 g/mol. The standard InChI is InChI=1S/C23H26N4O2S/c1-15(19-13-16-9-10-17(19)12-16)24-21(28)14-30-23-26-25-22(20-8-5-11-29-20)27(23)18-6-3-2-4-7-18/h2-8,11,15-17,19H,9-10,12-14H2,1H3,(H,24,28)/t15-,16-,17-,19-/m0/s1. The highest BCUT2D eigenvalue weighted by atomic mass is 32.2. The molecule has 2 aromatic heterocycles. The highest BCUT2D eigenvalue weighted by molar-refractivity contribution is 7.99. The van der Waals surface area contributed by atoms with E-state index < -0.39 is 0 Å². The van der Waals surface area contributed by atoms with Gasteiger partial charge in [-0.05, 0) is 68.2 Å². The van der Waals surface area contributed by atoms with Crippen LogP contribution in [0.1, 0.15) is 32.6 Å². The number of carbonyl (C=O) groups is 1. The fourth-order valence-electron chi connectivity index (χ4n) is 5.18. The van der Waals surface area contributed by atoms with Gasteiger partial charge in [-0.3, -0.25) is 9.36 Å². The van der Waals surface area contributed by atoms with Gasteiger partial charge >= 0.3 is 0 Å². The molecule has 2 heterocycles. The first-order valence-corrected chi connectivity index (χ1v) is 11.6. The van der Waals surface area contributed by atoms with Crippen molar-refractivity contribution in [3.8, 4) is 17.3 Å². The third-order valence-corrected chi connectivity index (χ3v) is 7.47. The van der Waals surface area contributed by atoms with Crippen LogP contribution >= 0.6 is 11.8 Å². The predicted octanol–water partition coefficient (Wildman–Crippen LogP) is 4.56. The Bertz CT molecular complexity index is 1000. The van der Waals surface area contributed by atoms with Gasteiger partial charge in [0.05, 0.1) is 12.0 Å². The molecule has 156 valence electrons. The monoisotopic (exact) mass is 422 g/mol. The van der Waals surface area contributed by atoms with Crippen molar-refractivity contribution in [2.75, 3.05) is 5.75 Å². The number of para-hydroxylation sites is 1. The molecule has 0 saturated heterocycles. The van der Waals surface area contributed by atoms with Crippen LogP contribution in [-0.2, 0) is 4.79 Å². The fraction of sp³-hybridized carbons (Fsp3) is 0.435. The molecule has 30 heavy (non-hydrogen) atoms. The lowest BCUT2D eigenvalue weighted by Crippen LogP contribution is -2.40. The zero-order chi connectivity index (χ0) is 20.5. The van der Waals surface area contributed by atoms with Crippen molar-refractivity contribution < 1.29 is 9.21 Å². The van der Waals surface area contributed by atoms with E-state index in [4.69, 9.17) is 4.42 Å². The lowest BCUT2D eigenvalue weighted by molar-refractivity contribution is -0.119. The molecule has 5 rings (SSSR count). The average Bonchev–Trinajstić information content (AvgIpc) is 3.56. The number of furan rings is 1. The molecule has 0 radical (unpaired) electrons. The van der Waals surface area contributed by atoms with Crippen LogP contribution in [0.4, 0.5) is 0 Å². The summed E-state index contributed by atoms with van der Waals surface area (Å²) >= 11 is 1.40. The molecular formula is C23H26N4O2S. The van der Waals surface area contributed by atoms with Crippen molar-refractivity contribution in [3.05, 3.63) is 48.7 Å². The van der Waals surface area contributed by atoms with Gasteiger partial charge in [0.15, 0.2) is 10.9 Å². The van der Waals surface area contributed by atoms with E-state index in [0.717, 1.165) is 17.5 Å². The second-order valence-electron chi connectivity index (χ2n) is 8.44. The smallest absolute Gasteiger partial charge is 0.230 e. The van der Waals surface area contributed by atoms with Gasteiger partial charge in [0.2, 0.25) is 11.7 Å². The molecule has 2 saturated carbocycles. The van der Waals surface area contributed by atoms with Crippen LogP contribution in [-0.4, -0.2) is 32.5 Å². The van der Waals surface area contributed by atoms with Gasteiger partial charge in [-0.1, -0.05) is 36.4 Å². The molecule has 2 aliphatic rings. The van der Waals surface area contributed by atoms with E-state index >= 15 is 0 Å². The van der Waals surface area contributed by atoms with Crippen LogP contribution in [0.3, 0.4) is 0 Å². The van der Waals surface area contributed by atoms with E-state index in [9.17, 15) is 4.79 Å². The number of fused-ring (bicyclic) bond motifs is 2. The molecule has 3 aromatic rings. The Kier molecular flexibility index (Phi) is 5.37. The molecule has 4 atom stereocenters. The number of thioether (sulfide) groups is 1. The summed E-state index contributed by atoms with van der Waals surface area (Å²) < 4.78 is 7.48. The van der Waals surface area contributed by atoms with Gasteiger partial charge in [-0.25, -0.2) is 0 Å². The minimum Gasteiger partial charge on any atom is -0.461 e. The van der Waals surface area contributed by atoms with Gasteiger partial charge in [-0.15, -0.1) is 10.2 Å². The fourth-order valence-corrected chi connectivity index (χ4v) is 5.94. The molecule has 1 amide bonds. The molecule has 7 heteroatoms. The predicted molar refractivity (Wildman–Crippen MR) is 116 cm³/mol. The normalized spacial score (nSPS) is 23.6. The number of amides is 1. The summed E-state index contributed by atoms with van der Waals surface area (Å²) in [6.45, 7) is 2.16. The Labute approximate surface area is 180 Å². The third-order valence-electron chi connectivity index (χ3n) is 6.55. The molecule has 2 bridgehead atoms. The van der Waals surface area contributed by atoms with E-state index in [1.54, 1.807) is 6.26 Å². The van der Waals surface area contributed by atoms with Gasteiger partial charge in [0.1, 0.15) is 0 Å². The van der Waals surface area contributed by atoms with Crippen LogP contribution in [0.15, 0.2) is 58.3 Å². The van der Waals surface area contributed by atoms with Crippen LogP contribution in [0.5, 0.6) is 0 Å². The summed E-state index contributed by atoms with van der Waals surface area (Å²) in [7, 11) is 0. The van der Waals surface area contributed by atoms with Crippen LogP contribution in [0, 0.1) is 17.8 Å². The number of nitrogens with one attached hydrogen (secondary N) is 1. The summed E-state index contributed by atoms with van der Waals surface area (Å²) in [4.78, 5) is 12.7. The molecule has 0 aliphatic heterocycles. The summed E-state index contributed by atoms with van der Waals surface area (Å²) in [5, 5.41) is 12.6. The molecule has 0 spiro atoms. The highest BCUT2D eigenvalue weighted by Gasteiger charge is 2.42. The number of hydrogen-bond donors (Lipinski definition) is 1. The van der Waals surface area contributed by atoms with E-state index in [1.165, 1.54) is 37.4 Å². The first-order valence-electron chi connectivity index (χ1n) is 10.7. The van der Waals surface area contributed by atoms with Crippen LogP contribution in [0.25, 0.3) is 17.3 Å². The largest absolute Gasteiger partial charge is 0.461 e. The van der Waals surface area contributed by atoms with E-state index in [0.29, 0.717) is 28.4 Å². The van der Waals surface area contributed by atoms with Crippen molar-refractivity contribution >= 4 is 17.7 Å². The number of rotatable bonds is 7. The number of carbonyl (C=O) groups excluding carboxylic acids is 1. The minimum atomic E-state index is 0.0532. The number of nitrogens with zero attached hydrogens (tertiary/aromatic N) is 3. The Morgan fingerprint density at radius 2 is 2.07 bits per heavy atom. The zero-order valence-corrected chi connectivity index (χ0v) is 17.8. The van der Waals surface area contributed by atoms with Crippen molar-refractivity contribution in [1.82, 2.24) is 20.1 Å². The van der Waals surface area contributed by atoms with E-state index in [-0.39, 0.29) is 11.9 Å². The highest BCUT2D eigenvalue weighted by Crippen LogP contribution is 2.49. The lowest BCUT2D eigenvalue weighted by Gasteiger charge is -2.28. The van der Waals surface area contributed by atoms with E-state index in [1.807, 2.05) is 47.0 Å². The Morgan fingerprint density at radius 1 is 1.20 bits per heavy atom. The average molecular weight is 423 g/mol. The van der Waals surface area contributed by atoms with E-state index in [2.05, 4.69) is 22.4 Å². The summed E-state index contributed by atoms with van der Waals surface area (Å²) in [6.07, 6.45) is 6.96. The maximum absolute atomic E-state index is 12.7. The Morgan fingerprint density at radius 3 is 2.77 bits per heavy atom. The van der Waals surface area contributed by atoms with Crippen molar-refractivity contribution in [2.24, 2.45) is 17.8 Å². The molecule has 1 N–H and O–H groups in total. The number of hydrogen-bond acceptors (Lipinski definition) is 5. The molecule has 2 fully saturated rings. The second-order valence-corrected chi connectivity index (χ2v) is 9.38. The first kappa shape index (κ1) is 19.4. The minimum absolute atomic E-state index is 0.0532. The zero-order valence-electron chi connectivity index (χ0n) is 17.0. The van der Waals surface area contributed by atoms with Gasteiger partial charge in [0.25, 0.3) is 0 Å². The maximum atomic E-state index is 12.7. The number of aromatic nitrogens is 3. The van der Waals surface area contributed by atoms with Crippen molar-refractivity contribution in [1.29, 1.82) is 0 Å². The van der Waals surface area contributed by atoms with Crippen molar-refractivity contribution in [3.63, 3.8) is 0 Å². The van der Waals surface area contributed by atoms with Gasteiger partial charge in [0, 0.05) is 11.7 Å². The number of benzene rings is 1. The summed E-state index contributed by atoms with van der Waals surface area (Å²) in [6, 6.07) is 13.8. The maximum Gasteiger partial charge on any atom is 0.230 e. The van der Waals surface area contributed by atoms with Crippen LogP contribution in [0.2, 0.25) is 0 Å². The molecule has 6 nitrogen and oxygen atoms in total. The van der Waals surface area contributed by atoms with Gasteiger partial charge < -0.3 is 9.73 Å². The summed E-state index contributed by atoms with van der Waals surface area (Å²) in [5.74, 6) is 3.97. The third kappa shape index (κ3) is 3.78. The second kappa shape index (κ2) is 8.30. The van der Waals surface area contributed by atoms with Gasteiger partial charge in [-0.2, -0.15) is 0 Å². The Balaban J connectivity index is 1.28. The molecule has 1 aromatic carbocycles. The Hall–Kier alpha value is -2.54. The van der Waals surface area contributed by atoms with Crippen molar-refractivity contribution in [2.45, 2.75) is 43.8 Å². The molecule has 0 unspecified atom stereocenters. The lowest BCUT2D eigenvalue weighted by atomic mass is 9.84.